The molecule has 1 amide bonds. The van der Waals surface area contributed by atoms with E-state index in [0.717, 1.165) is 11.1 Å². The minimum absolute atomic E-state index is 0.0276. The molecule has 6 nitrogen and oxygen atoms in total. The number of rotatable bonds is 4. The van der Waals surface area contributed by atoms with Crippen molar-refractivity contribution in [2.75, 3.05) is 25.2 Å². The Balaban J connectivity index is 1.93. The highest BCUT2D eigenvalue weighted by Gasteiger charge is 2.32. The molecule has 23 heavy (non-hydrogen) atoms. The number of carbonyl (C=O) groups excluding carboxylic acids is 2. The predicted molar refractivity (Wildman–Crippen MR) is 86.0 cm³/mol. The number of amides is 1. The molecule has 1 aromatic carbocycles. The second-order valence-corrected chi connectivity index (χ2v) is 8.18. The molecule has 2 rings (SSSR count). The number of ether oxygens (including phenoxy) is 1. The number of esters is 1. The summed E-state index contributed by atoms with van der Waals surface area (Å²) in [6, 6.07) is 5.09. The number of carbonyl (C=O) groups is 2. The van der Waals surface area contributed by atoms with Crippen LogP contribution in [-0.4, -0.2) is 56.4 Å². The summed E-state index contributed by atoms with van der Waals surface area (Å²) in [5.74, 6) is -0.879. The van der Waals surface area contributed by atoms with Crippen LogP contribution in [0.2, 0.25) is 0 Å². The summed E-state index contributed by atoms with van der Waals surface area (Å²) < 4.78 is 28.0. The van der Waals surface area contributed by atoms with Crippen LogP contribution in [0.5, 0.6) is 0 Å². The van der Waals surface area contributed by atoms with E-state index < -0.39 is 21.7 Å². The summed E-state index contributed by atoms with van der Waals surface area (Å²) in [7, 11) is -1.52. The Labute approximate surface area is 136 Å². The van der Waals surface area contributed by atoms with Crippen molar-refractivity contribution < 1.29 is 22.7 Å². The first-order valence-corrected chi connectivity index (χ1v) is 9.22. The van der Waals surface area contributed by atoms with Gasteiger partial charge in [-0.3, -0.25) is 4.79 Å². The van der Waals surface area contributed by atoms with Gasteiger partial charge in [0.25, 0.3) is 5.91 Å². The van der Waals surface area contributed by atoms with Crippen LogP contribution in [-0.2, 0) is 19.4 Å². The van der Waals surface area contributed by atoms with E-state index in [1.54, 1.807) is 20.0 Å². The molecule has 1 atom stereocenters. The first kappa shape index (κ1) is 17.5. The van der Waals surface area contributed by atoms with Crippen molar-refractivity contribution in [1.29, 1.82) is 0 Å². The molecule has 126 valence electrons. The number of nitrogens with zero attached hydrogens (tertiary/aromatic N) is 1. The number of hydrogen-bond acceptors (Lipinski definition) is 5. The predicted octanol–water partition coefficient (Wildman–Crippen LogP) is 1.11. The van der Waals surface area contributed by atoms with E-state index >= 15 is 0 Å². The second kappa shape index (κ2) is 6.70. The molecule has 0 radical (unpaired) electrons. The first-order valence-electron chi connectivity index (χ1n) is 7.40. The quantitative estimate of drug-likeness (QED) is 0.768. The maximum Gasteiger partial charge on any atom is 0.338 e. The van der Waals surface area contributed by atoms with Crippen molar-refractivity contribution in [1.82, 2.24) is 4.90 Å². The minimum atomic E-state index is -3.06. The molecule has 1 heterocycles. The van der Waals surface area contributed by atoms with Gasteiger partial charge in [0.2, 0.25) is 0 Å². The summed E-state index contributed by atoms with van der Waals surface area (Å²) >= 11 is 0. The van der Waals surface area contributed by atoms with Crippen LogP contribution in [0.4, 0.5) is 0 Å². The highest BCUT2D eigenvalue weighted by molar-refractivity contribution is 7.91. The number of hydrogen-bond donors (Lipinski definition) is 0. The SMILES string of the molecule is Cc1ccc(C)c(C(=O)OCC(=O)N(C)C2CCS(=O)(=O)C2)c1. The van der Waals surface area contributed by atoms with E-state index in [0.29, 0.717) is 12.0 Å². The Bertz CT molecular complexity index is 726. The van der Waals surface area contributed by atoms with Gasteiger partial charge in [-0.1, -0.05) is 17.7 Å². The molecule has 0 spiro atoms. The average molecular weight is 339 g/mol. The second-order valence-electron chi connectivity index (χ2n) is 5.96. The molecule has 1 aliphatic heterocycles. The zero-order valence-corrected chi connectivity index (χ0v) is 14.4. The van der Waals surface area contributed by atoms with E-state index in [4.69, 9.17) is 4.74 Å². The number of likely N-dealkylation sites (N-methyl/N-ethyl adjacent to an activating group) is 1. The molecule has 0 bridgehead atoms. The molecule has 0 aromatic heterocycles. The Morgan fingerprint density at radius 2 is 2.00 bits per heavy atom. The maximum atomic E-state index is 12.1. The fourth-order valence-corrected chi connectivity index (χ4v) is 4.32. The molecule has 1 fully saturated rings. The number of benzene rings is 1. The lowest BCUT2D eigenvalue weighted by atomic mass is 10.1. The fourth-order valence-electron chi connectivity index (χ4n) is 2.55. The normalized spacial score (nSPS) is 19.3. The van der Waals surface area contributed by atoms with Crippen LogP contribution in [0.1, 0.15) is 27.9 Å². The molecule has 0 aliphatic carbocycles. The highest BCUT2D eigenvalue weighted by atomic mass is 32.2. The largest absolute Gasteiger partial charge is 0.452 e. The van der Waals surface area contributed by atoms with E-state index in [1.165, 1.54) is 4.90 Å². The topological polar surface area (TPSA) is 80.8 Å². The van der Waals surface area contributed by atoms with Crippen molar-refractivity contribution in [3.8, 4) is 0 Å². The molecular weight excluding hydrogens is 318 g/mol. The van der Waals surface area contributed by atoms with Crippen LogP contribution in [0.3, 0.4) is 0 Å². The van der Waals surface area contributed by atoms with E-state index in [9.17, 15) is 18.0 Å². The average Bonchev–Trinajstić information content (AvgIpc) is 2.86. The van der Waals surface area contributed by atoms with Crippen LogP contribution in [0.25, 0.3) is 0 Å². The van der Waals surface area contributed by atoms with Crippen molar-refractivity contribution in [2.24, 2.45) is 0 Å². The highest BCUT2D eigenvalue weighted by Crippen LogP contribution is 2.17. The van der Waals surface area contributed by atoms with Gasteiger partial charge < -0.3 is 9.64 Å². The molecule has 0 saturated carbocycles. The van der Waals surface area contributed by atoms with E-state index in [1.807, 2.05) is 19.1 Å². The van der Waals surface area contributed by atoms with Gasteiger partial charge in [0.15, 0.2) is 16.4 Å². The van der Waals surface area contributed by atoms with Crippen LogP contribution >= 0.6 is 0 Å². The summed E-state index contributed by atoms with van der Waals surface area (Å²) in [5.41, 5.74) is 2.15. The lowest BCUT2D eigenvalue weighted by Crippen LogP contribution is -2.40. The zero-order chi connectivity index (χ0) is 17.2. The van der Waals surface area contributed by atoms with Gasteiger partial charge in [-0.2, -0.15) is 0 Å². The molecule has 1 saturated heterocycles. The van der Waals surface area contributed by atoms with Gasteiger partial charge in [0.05, 0.1) is 17.1 Å². The van der Waals surface area contributed by atoms with Crippen LogP contribution < -0.4 is 0 Å². The Hall–Kier alpha value is -1.89. The molecule has 1 aromatic rings. The van der Waals surface area contributed by atoms with E-state index in [-0.39, 0.29) is 24.2 Å². The summed E-state index contributed by atoms with van der Waals surface area (Å²) in [6.45, 7) is 3.28. The third-order valence-corrected chi connectivity index (χ3v) is 5.84. The van der Waals surface area contributed by atoms with Gasteiger partial charge in [0.1, 0.15) is 0 Å². The monoisotopic (exact) mass is 339 g/mol. The van der Waals surface area contributed by atoms with Gasteiger partial charge in [-0.15, -0.1) is 0 Å². The smallest absolute Gasteiger partial charge is 0.338 e. The third-order valence-electron chi connectivity index (χ3n) is 4.09. The Kier molecular flexibility index (Phi) is 5.09. The van der Waals surface area contributed by atoms with Crippen LogP contribution in [0.15, 0.2) is 18.2 Å². The number of sulfone groups is 1. The standard InChI is InChI=1S/C16H21NO5S/c1-11-4-5-12(2)14(8-11)16(19)22-9-15(18)17(3)13-6-7-23(20,21)10-13/h4-5,8,13H,6-7,9-10H2,1-3H3. The van der Waals surface area contributed by atoms with Gasteiger partial charge in [-0.05, 0) is 31.9 Å². The molecule has 1 aliphatic rings. The van der Waals surface area contributed by atoms with Gasteiger partial charge in [-0.25, -0.2) is 13.2 Å². The fraction of sp³-hybridized carbons (Fsp3) is 0.500. The molecule has 7 heteroatoms. The maximum absolute atomic E-state index is 12.1. The van der Waals surface area contributed by atoms with Crippen molar-refractivity contribution in [2.45, 2.75) is 26.3 Å². The van der Waals surface area contributed by atoms with Crippen molar-refractivity contribution >= 4 is 21.7 Å². The number of aryl methyl sites for hydroxylation is 2. The summed E-state index contributed by atoms with van der Waals surface area (Å²) in [4.78, 5) is 25.5. The summed E-state index contributed by atoms with van der Waals surface area (Å²) in [6.07, 6.45) is 0.426. The van der Waals surface area contributed by atoms with Crippen LogP contribution in [0, 0.1) is 13.8 Å². The lowest BCUT2D eigenvalue weighted by molar-refractivity contribution is -0.134. The van der Waals surface area contributed by atoms with Crippen molar-refractivity contribution in [3.05, 3.63) is 34.9 Å². The minimum Gasteiger partial charge on any atom is -0.452 e. The lowest BCUT2D eigenvalue weighted by Gasteiger charge is -2.23. The van der Waals surface area contributed by atoms with Gasteiger partial charge in [0, 0.05) is 13.1 Å². The summed E-state index contributed by atoms with van der Waals surface area (Å²) in [5, 5.41) is 0. The Morgan fingerprint density at radius 3 is 2.61 bits per heavy atom. The Morgan fingerprint density at radius 1 is 1.30 bits per heavy atom. The van der Waals surface area contributed by atoms with Crippen molar-refractivity contribution in [3.63, 3.8) is 0 Å². The zero-order valence-electron chi connectivity index (χ0n) is 13.5. The molecule has 0 N–H and O–H groups in total. The molecular formula is C16H21NO5S. The van der Waals surface area contributed by atoms with E-state index in [2.05, 4.69) is 0 Å². The van der Waals surface area contributed by atoms with Gasteiger partial charge >= 0.3 is 5.97 Å². The third kappa shape index (κ3) is 4.31. The molecule has 1 unspecified atom stereocenters. The first-order chi connectivity index (χ1) is 10.7.